The maximum absolute atomic E-state index is 12.3. The van der Waals surface area contributed by atoms with Gasteiger partial charge in [-0.15, -0.1) is 0 Å². The maximum Gasteiger partial charge on any atom is 0.326 e. The van der Waals surface area contributed by atoms with E-state index in [1.54, 1.807) is 0 Å². The lowest BCUT2D eigenvalue weighted by molar-refractivity contribution is -0.149. The Bertz CT molecular complexity index is 593. The quantitative estimate of drug-likeness (QED) is 0.704. The van der Waals surface area contributed by atoms with Crippen molar-refractivity contribution in [2.75, 3.05) is 13.6 Å². The average molecular weight is 348 g/mol. The minimum absolute atomic E-state index is 0.0687. The van der Waals surface area contributed by atoms with Crippen LogP contribution in [0.4, 0.5) is 0 Å². The Morgan fingerprint density at radius 2 is 1.76 bits per heavy atom. The molecule has 1 rings (SSSR count). The van der Waals surface area contributed by atoms with Crippen molar-refractivity contribution in [1.82, 2.24) is 10.2 Å². The lowest BCUT2D eigenvalue weighted by Gasteiger charge is -2.25. The van der Waals surface area contributed by atoms with Crippen LogP contribution in [-0.4, -0.2) is 47.4 Å². The van der Waals surface area contributed by atoms with Gasteiger partial charge in [-0.2, -0.15) is 0 Å². The van der Waals surface area contributed by atoms with Crippen LogP contribution in [0.15, 0.2) is 30.3 Å². The molecule has 0 fully saturated rings. The van der Waals surface area contributed by atoms with Gasteiger partial charge in [0.05, 0.1) is 0 Å². The van der Waals surface area contributed by atoms with Crippen molar-refractivity contribution in [3.63, 3.8) is 0 Å². The van der Waals surface area contributed by atoms with E-state index in [2.05, 4.69) is 5.32 Å². The summed E-state index contributed by atoms with van der Waals surface area (Å²) in [6.07, 6.45) is 0.932. The Kier molecular flexibility index (Phi) is 7.61. The highest BCUT2D eigenvalue weighted by atomic mass is 16.4. The summed E-state index contributed by atoms with van der Waals surface area (Å²) in [5.74, 6) is -1.34. The van der Waals surface area contributed by atoms with Crippen molar-refractivity contribution in [3.8, 4) is 0 Å². The zero-order chi connectivity index (χ0) is 19.0. The molecule has 6 nitrogen and oxygen atoms in total. The predicted molar refractivity (Wildman–Crippen MR) is 96.0 cm³/mol. The van der Waals surface area contributed by atoms with Crippen LogP contribution in [0.2, 0.25) is 0 Å². The van der Waals surface area contributed by atoms with E-state index in [-0.39, 0.29) is 24.7 Å². The van der Waals surface area contributed by atoms with Crippen LogP contribution in [0.1, 0.15) is 39.2 Å². The lowest BCUT2D eigenvalue weighted by Crippen LogP contribution is -2.44. The zero-order valence-corrected chi connectivity index (χ0v) is 15.4. The second-order valence-electron chi connectivity index (χ2n) is 7.16. The molecule has 0 heterocycles. The third-order valence-electron chi connectivity index (χ3n) is 3.95. The lowest BCUT2D eigenvalue weighted by atomic mass is 9.96. The molecule has 1 aromatic carbocycles. The van der Waals surface area contributed by atoms with E-state index in [0.29, 0.717) is 13.0 Å². The second kappa shape index (κ2) is 9.20. The molecule has 0 spiro atoms. The number of aliphatic carboxylic acids is 1. The van der Waals surface area contributed by atoms with Gasteiger partial charge < -0.3 is 15.3 Å². The SMILES string of the molecule is CN(C(=O)CCCNC(=O)C(C)(C)C)C(Cc1ccccc1)C(=O)O. The van der Waals surface area contributed by atoms with E-state index in [1.165, 1.54) is 11.9 Å². The fourth-order valence-corrected chi connectivity index (χ4v) is 2.28. The Hall–Kier alpha value is -2.37. The molecule has 0 radical (unpaired) electrons. The number of hydrogen-bond donors (Lipinski definition) is 2. The van der Waals surface area contributed by atoms with E-state index in [0.717, 1.165) is 5.56 Å². The topological polar surface area (TPSA) is 86.7 Å². The third-order valence-corrected chi connectivity index (χ3v) is 3.95. The van der Waals surface area contributed by atoms with Crippen LogP contribution < -0.4 is 5.32 Å². The number of benzene rings is 1. The van der Waals surface area contributed by atoms with Crippen molar-refractivity contribution in [3.05, 3.63) is 35.9 Å². The molecule has 2 amide bonds. The molecule has 0 aliphatic heterocycles. The molecule has 138 valence electrons. The second-order valence-corrected chi connectivity index (χ2v) is 7.16. The fourth-order valence-electron chi connectivity index (χ4n) is 2.28. The summed E-state index contributed by atoms with van der Waals surface area (Å²) in [5.41, 5.74) is 0.400. The standard InChI is InChI=1S/C19H28N2O4/c1-19(2,3)18(25)20-12-8-11-16(22)21(4)15(17(23)24)13-14-9-6-5-7-10-14/h5-7,9-10,15H,8,11-13H2,1-4H3,(H,20,25)(H,23,24). The Labute approximate surface area is 149 Å². The van der Waals surface area contributed by atoms with Crippen LogP contribution in [0.3, 0.4) is 0 Å². The maximum atomic E-state index is 12.3. The number of carbonyl (C=O) groups excluding carboxylic acids is 2. The summed E-state index contributed by atoms with van der Waals surface area (Å²) in [7, 11) is 1.51. The summed E-state index contributed by atoms with van der Waals surface area (Å²) >= 11 is 0. The summed E-state index contributed by atoms with van der Waals surface area (Å²) in [5, 5.41) is 12.2. The van der Waals surface area contributed by atoms with Crippen molar-refractivity contribution >= 4 is 17.8 Å². The van der Waals surface area contributed by atoms with Gasteiger partial charge in [-0.1, -0.05) is 51.1 Å². The first-order valence-electron chi connectivity index (χ1n) is 8.43. The van der Waals surface area contributed by atoms with Gasteiger partial charge in [-0.3, -0.25) is 9.59 Å². The van der Waals surface area contributed by atoms with E-state index in [9.17, 15) is 19.5 Å². The number of carboxylic acids is 1. The summed E-state index contributed by atoms with van der Waals surface area (Å²) in [6, 6.07) is 8.33. The summed E-state index contributed by atoms with van der Waals surface area (Å²) in [6.45, 7) is 5.86. The molecule has 1 unspecified atom stereocenters. The van der Waals surface area contributed by atoms with Crippen LogP contribution in [0, 0.1) is 5.41 Å². The minimum Gasteiger partial charge on any atom is -0.480 e. The normalized spacial score (nSPS) is 12.3. The molecule has 0 aliphatic rings. The number of carboxylic acid groups (broad SMARTS) is 1. The smallest absolute Gasteiger partial charge is 0.326 e. The van der Waals surface area contributed by atoms with Crippen LogP contribution in [-0.2, 0) is 20.8 Å². The molecule has 0 aliphatic carbocycles. The van der Waals surface area contributed by atoms with Crippen LogP contribution in [0.5, 0.6) is 0 Å². The molecular weight excluding hydrogens is 320 g/mol. The van der Waals surface area contributed by atoms with Gasteiger partial charge in [0.25, 0.3) is 0 Å². The number of carbonyl (C=O) groups is 3. The number of likely N-dealkylation sites (N-methyl/N-ethyl adjacent to an activating group) is 1. The van der Waals surface area contributed by atoms with Gasteiger partial charge in [0.1, 0.15) is 6.04 Å². The molecule has 25 heavy (non-hydrogen) atoms. The molecule has 0 saturated heterocycles. The van der Waals surface area contributed by atoms with Gasteiger partial charge in [-0.05, 0) is 12.0 Å². The van der Waals surface area contributed by atoms with Gasteiger partial charge in [0, 0.05) is 31.8 Å². The summed E-state index contributed by atoms with van der Waals surface area (Å²) < 4.78 is 0. The van der Waals surface area contributed by atoms with Crippen molar-refractivity contribution < 1.29 is 19.5 Å². The van der Waals surface area contributed by atoms with Crippen molar-refractivity contribution in [1.29, 1.82) is 0 Å². The van der Waals surface area contributed by atoms with Gasteiger partial charge >= 0.3 is 5.97 Å². The molecule has 0 aromatic heterocycles. The van der Waals surface area contributed by atoms with E-state index in [4.69, 9.17) is 0 Å². The predicted octanol–water partition coefficient (Wildman–Crippen LogP) is 2.08. The van der Waals surface area contributed by atoms with Gasteiger partial charge in [0.2, 0.25) is 11.8 Å². The average Bonchev–Trinajstić information content (AvgIpc) is 2.55. The van der Waals surface area contributed by atoms with Gasteiger partial charge in [0.15, 0.2) is 0 Å². The molecule has 0 bridgehead atoms. The molecule has 1 atom stereocenters. The van der Waals surface area contributed by atoms with E-state index < -0.39 is 17.4 Å². The number of amides is 2. The summed E-state index contributed by atoms with van der Waals surface area (Å²) in [4.78, 5) is 36.8. The Morgan fingerprint density at radius 3 is 2.28 bits per heavy atom. The number of hydrogen-bond acceptors (Lipinski definition) is 3. The molecule has 1 aromatic rings. The largest absolute Gasteiger partial charge is 0.480 e. The third kappa shape index (κ3) is 6.95. The van der Waals surface area contributed by atoms with Crippen LogP contribution in [0.25, 0.3) is 0 Å². The highest BCUT2D eigenvalue weighted by molar-refractivity contribution is 5.84. The van der Waals surface area contributed by atoms with E-state index >= 15 is 0 Å². The van der Waals surface area contributed by atoms with E-state index in [1.807, 2.05) is 51.1 Å². The van der Waals surface area contributed by atoms with Crippen molar-refractivity contribution in [2.45, 2.75) is 46.1 Å². The minimum atomic E-state index is -1.03. The highest BCUT2D eigenvalue weighted by Gasteiger charge is 2.26. The van der Waals surface area contributed by atoms with Crippen LogP contribution >= 0.6 is 0 Å². The monoisotopic (exact) mass is 348 g/mol. The molecule has 2 N–H and O–H groups in total. The highest BCUT2D eigenvalue weighted by Crippen LogP contribution is 2.13. The molecule has 0 saturated carbocycles. The Morgan fingerprint density at radius 1 is 1.16 bits per heavy atom. The zero-order valence-electron chi connectivity index (χ0n) is 15.4. The number of nitrogens with zero attached hydrogens (tertiary/aromatic N) is 1. The first kappa shape index (κ1) is 20.7. The first-order chi connectivity index (χ1) is 11.6. The molecule has 6 heteroatoms. The Balaban J connectivity index is 2.52. The van der Waals surface area contributed by atoms with Crippen molar-refractivity contribution in [2.24, 2.45) is 5.41 Å². The number of rotatable bonds is 8. The number of nitrogens with one attached hydrogen (secondary N) is 1. The fraction of sp³-hybridized carbons (Fsp3) is 0.526. The molecular formula is C19H28N2O4. The van der Waals surface area contributed by atoms with Gasteiger partial charge in [-0.25, -0.2) is 4.79 Å². The first-order valence-corrected chi connectivity index (χ1v) is 8.43.